The van der Waals surface area contributed by atoms with Crippen molar-refractivity contribution in [2.75, 3.05) is 6.61 Å². The molecule has 2 aromatic rings. The first-order chi connectivity index (χ1) is 12.0. The zero-order valence-electron chi connectivity index (χ0n) is 13.2. The summed E-state index contributed by atoms with van der Waals surface area (Å²) in [5, 5.41) is 0. The van der Waals surface area contributed by atoms with Gasteiger partial charge in [-0.3, -0.25) is 0 Å². The first kappa shape index (κ1) is 16.8. The third kappa shape index (κ3) is 2.38. The van der Waals surface area contributed by atoms with Gasteiger partial charge in [-0.25, -0.2) is 0 Å². The minimum atomic E-state index is -4.01. The highest BCUT2D eigenvalue weighted by atomic mass is 79.9. The summed E-state index contributed by atoms with van der Waals surface area (Å²) in [4.78, 5) is 0. The molecule has 8 heteroatoms. The van der Waals surface area contributed by atoms with Crippen LogP contribution in [0.1, 0.15) is 18.2 Å². The molecule has 3 heterocycles. The van der Waals surface area contributed by atoms with E-state index in [1.165, 1.54) is 0 Å². The fraction of sp³-hybridized carbons (Fsp3) is 0.118. The Morgan fingerprint density at radius 1 is 1.12 bits per heavy atom. The molecule has 25 heavy (non-hydrogen) atoms. The van der Waals surface area contributed by atoms with Gasteiger partial charge in [-0.2, -0.15) is 0 Å². The number of allylic oxidation sites excluding steroid dienone is 2. The summed E-state index contributed by atoms with van der Waals surface area (Å²) in [6.45, 7) is -1.61. The van der Waals surface area contributed by atoms with Gasteiger partial charge in [0, 0.05) is 39.3 Å². The number of hydrogen-bond acceptors (Lipinski definition) is 1. The molecule has 0 N–H and O–H groups in total. The highest BCUT2D eigenvalue weighted by molar-refractivity contribution is 9.18. The molecule has 4 rings (SSSR count). The average molecular weight is 470 g/mol. The van der Waals surface area contributed by atoms with Crippen LogP contribution in [0.25, 0.3) is 5.57 Å². The molecule has 1 aromatic heterocycles. The Balaban J connectivity index is 2.08. The molecular formula is C17H13BBr2F2N2O. The highest BCUT2D eigenvalue weighted by Crippen LogP contribution is 2.44. The van der Waals surface area contributed by atoms with E-state index < -0.39 is 6.97 Å². The van der Waals surface area contributed by atoms with Crippen LogP contribution in [0.15, 0.2) is 58.9 Å². The predicted molar refractivity (Wildman–Crippen MR) is 102 cm³/mol. The fourth-order valence-corrected chi connectivity index (χ4v) is 4.50. The Morgan fingerprint density at radius 3 is 2.64 bits per heavy atom. The average Bonchev–Trinajstić information content (AvgIpc) is 3.14. The number of hydrogen-bond donors (Lipinski definition) is 0. The normalized spacial score (nSPS) is 17.8. The number of nitrogens with zero attached hydrogens (tertiary/aromatic N) is 2. The monoisotopic (exact) mass is 468 g/mol. The van der Waals surface area contributed by atoms with Crippen molar-refractivity contribution in [1.29, 1.82) is 0 Å². The van der Waals surface area contributed by atoms with E-state index >= 15 is 8.63 Å². The second-order valence-electron chi connectivity index (χ2n) is 5.72. The van der Waals surface area contributed by atoms with Crippen molar-refractivity contribution in [2.24, 2.45) is 0 Å². The van der Waals surface area contributed by atoms with Crippen LogP contribution < -0.4 is 4.74 Å². The molecule has 0 saturated heterocycles. The highest BCUT2D eigenvalue weighted by Gasteiger charge is 2.54. The maximum Gasteiger partial charge on any atom is 0.738 e. The van der Waals surface area contributed by atoms with Gasteiger partial charge in [-0.05, 0) is 41.1 Å². The molecule has 0 atom stereocenters. The van der Waals surface area contributed by atoms with Crippen LogP contribution in [-0.2, 0) is 0 Å². The molecule has 0 bridgehead atoms. The molecule has 128 valence electrons. The predicted octanol–water partition coefficient (Wildman–Crippen LogP) is 5.02. The van der Waals surface area contributed by atoms with Crippen LogP contribution in [0.2, 0.25) is 0 Å². The second-order valence-corrected chi connectivity index (χ2v) is 7.34. The van der Waals surface area contributed by atoms with Gasteiger partial charge in [-0.1, -0.05) is 18.2 Å². The molecule has 2 aliphatic rings. The number of ether oxygens (including phenoxy) is 1. The van der Waals surface area contributed by atoms with E-state index in [0.717, 1.165) is 14.5 Å². The first-order valence-electron chi connectivity index (χ1n) is 7.82. The smallest absolute Gasteiger partial charge is 0.493 e. The van der Waals surface area contributed by atoms with E-state index in [4.69, 9.17) is 4.74 Å². The van der Waals surface area contributed by atoms with Gasteiger partial charge in [0.1, 0.15) is 5.75 Å². The Labute approximate surface area is 160 Å². The Hall–Kier alpha value is -1.67. The van der Waals surface area contributed by atoms with E-state index in [-0.39, 0.29) is 0 Å². The molecule has 0 saturated carbocycles. The maximum absolute atomic E-state index is 15.2. The van der Waals surface area contributed by atoms with Crippen LogP contribution in [0.5, 0.6) is 5.75 Å². The molecule has 0 fully saturated rings. The SMILES string of the molecule is CCOc1ccccc1C1=C2C=CC(Br)=[N+]2[B-](F)(F)n2c(Br)ccc21. The third-order valence-electron chi connectivity index (χ3n) is 4.33. The van der Waals surface area contributed by atoms with Crippen LogP contribution in [-0.4, -0.2) is 27.2 Å². The molecule has 0 spiro atoms. The van der Waals surface area contributed by atoms with Gasteiger partial charge in [0.05, 0.1) is 16.8 Å². The minimum Gasteiger partial charge on any atom is -0.493 e. The van der Waals surface area contributed by atoms with Crippen molar-refractivity contribution in [3.63, 3.8) is 0 Å². The fourth-order valence-electron chi connectivity index (χ4n) is 3.36. The van der Waals surface area contributed by atoms with Gasteiger partial charge >= 0.3 is 6.97 Å². The van der Waals surface area contributed by atoms with E-state index in [9.17, 15) is 0 Å². The lowest BCUT2D eigenvalue weighted by Gasteiger charge is -2.32. The first-order valence-corrected chi connectivity index (χ1v) is 9.41. The van der Waals surface area contributed by atoms with Crippen LogP contribution >= 0.6 is 31.9 Å². The summed E-state index contributed by atoms with van der Waals surface area (Å²) in [6.07, 6.45) is 3.36. The Kier molecular flexibility index (Phi) is 3.99. The van der Waals surface area contributed by atoms with Crippen molar-refractivity contribution < 1.29 is 17.9 Å². The number of halogens is 4. The van der Waals surface area contributed by atoms with Gasteiger partial charge in [0.15, 0.2) is 5.70 Å². The van der Waals surface area contributed by atoms with E-state index in [1.807, 2.05) is 31.2 Å². The molecule has 0 radical (unpaired) electrons. The van der Waals surface area contributed by atoms with Gasteiger partial charge < -0.3 is 22.3 Å². The van der Waals surface area contributed by atoms with Crippen molar-refractivity contribution in [1.82, 2.24) is 4.48 Å². The lowest BCUT2D eigenvalue weighted by molar-refractivity contribution is -0.358. The topological polar surface area (TPSA) is 17.2 Å². The third-order valence-corrected chi connectivity index (χ3v) is 5.62. The van der Waals surface area contributed by atoms with Crippen molar-refractivity contribution in [3.05, 3.63) is 70.1 Å². The summed E-state index contributed by atoms with van der Waals surface area (Å²) >= 11 is 6.53. The lowest BCUT2D eigenvalue weighted by atomic mass is 9.86. The number of para-hydroxylation sites is 1. The number of fused-ring (bicyclic) bond motifs is 2. The van der Waals surface area contributed by atoms with Crippen molar-refractivity contribution in [3.8, 4) is 5.75 Å². The van der Waals surface area contributed by atoms with Gasteiger partial charge in [0.2, 0.25) is 4.62 Å². The summed E-state index contributed by atoms with van der Waals surface area (Å²) in [7, 11) is 0. The summed E-state index contributed by atoms with van der Waals surface area (Å²) < 4.78 is 38.9. The largest absolute Gasteiger partial charge is 0.738 e. The van der Waals surface area contributed by atoms with E-state index in [1.54, 1.807) is 24.3 Å². The summed E-state index contributed by atoms with van der Waals surface area (Å²) in [5.41, 5.74) is 2.42. The summed E-state index contributed by atoms with van der Waals surface area (Å²) in [6, 6.07) is 10.9. The molecule has 3 nitrogen and oxygen atoms in total. The zero-order chi connectivity index (χ0) is 17.8. The zero-order valence-corrected chi connectivity index (χ0v) is 16.4. The van der Waals surface area contributed by atoms with Crippen LogP contribution in [0.4, 0.5) is 8.63 Å². The number of benzene rings is 1. The maximum atomic E-state index is 15.2. The van der Waals surface area contributed by atoms with Crippen molar-refractivity contribution >= 4 is 49.0 Å². The van der Waals surface area contributed by atoms with Gasteiger partial charge in [0.25, 0.3) is 0 Å². The molecular weight excluding hydrogens is 457 g/mol. The van der Waals surface area contributed by atoms with Crippen LogP contribution in [0.3, 0.4) is 0 Å². The van der Waals surface area contributed by atoms with Gasteiger partial charge in [-0.15, -0.1) is 0 Å². The van der Waals surface area contributed by atoms with Crippen molar-refractivity contribution in [2.45, 2.75) is 6.92 Å². The molecule has 0 aliphatic carbocycles. The number of aromatic nitrogens is 1. The second kappa shape index (κ2) is 5.95. The molecule has 1 aromatic carbocycles. The van der Waals surface area contributed by atoms with E-state index in [2.05, 4.69) is 31.9 Å². The number of rotatable bonds is 3. The molecule has 0 unspecified atom stereocenters. The quantitative estimate of drug-likeness (QED) is 0.577. The Morgan fingerprint density at radius 2 is 1.88 bits per heavy atom. The minimum absolute atomic E-state index is 0.338. The van der Waals surface area contributed by atoms with Crippen LogP contribution in [0, 0.1) is 0 Å². The van der Waals surface area contributed by atoms with E-state index in [0.29, 0.717) is 38.5 Å². The summed E-state index contributed by atoms with van der Waals surface area (Å²) in [5.74, 6) is 0.672. The standard InChI is InChI=1S/C17H13BBr2F2N2O/c1-2-25-14-6-4-3-5-11(14)17-12-7-9-15(19)23(12)18(21,22)24-13(17)8-10-16(24)20/h3-10H,2H2,1H3. The molecule has 2 aliphatic heterocycles. The molecule has 0 amide bonds. The lowest BCUT2D eigenvalue weighted by Crippen LogP contribution is -2.50. The Bertz CT molecular complexity index is 979.